The van der Waals surface area contributed by atoms with E-state index < -0.39 is 0 Å². The van der Waals surface area contributed by atoms with Crippen LogP contribution in [0.5, 0.6) is 11.5 Å². The van der Waals surface area contributed by atoms with Gasteiger partial charge in [-0.15, -0.1) is 0 Å². The molecule has 0 saturated carbocycles. The van der Waals surface area contributed by atoms with Crippen molar-refractivity contribution in [2.45, 2.75) is 13.8 Å². The van der Waals surface area contributed by atoms with Crippen LogP contribution < -0.4 is 10.1 Å². The normalized spacial score (nSPS) is 9.26. The molecule has 0 unspecified atom stereocenters. The quantitative estimate of drug-likeness (QED) is 0.615. The van der Waals surface area contributed by atoms with Crippen molar-refractivity contribution in [2.75, 3.05) is 25.5 Å². The number of carbonyl (C=O) groups excluding carboxylic acids is 1. The van der Waals surface area contributed by atoms with Gasteiger partial charge in [0, 0.05) is 24.9 Å². The number of rotatable bonds is 6. The molecule has 7 heteroatoms. The lowest BCUT2D eigenvalue weighted by Crippen LogP contribution is -2.30. The number of methoxy groups -OCH3 is 1. The lowest BCUT2D eigenvalue weighted by atomic mass is 10.1. The molecular formula is C16H18N4O3. The van der Waals surface area contributed by atoms with E-state index in [1.807, 2.05) is 13.8 Å². The smallest absolute Gasteiger partial charge is 0.254 e. The van der Waals surface area contributed by atoms with Crippen LogP contribution in [0.25, 0.3) is 0 Å². The Labute approximate surface area is 135 Å². The van der Waals surface area contributed by atoms with Crippen LogP contribution in [0.15, 0.2) is 23.9 Å². The summed E-state index contributed by atoms with van der Waals surface area (Å²) in [4.78, 5) is 14.1. The van der Waals surface area contributed by atoms with Gasteiger partial charge in [0.25, 0.3) is 5.91 Å². The van der Waals surface area contributed by atoms with E-state index in [9.17, 15) is 9.90 Å². The maximum absolute atomic E-state index is 12.4. The van der Waals surface area contributed by atoms with E-state index >= 15 is 0 Å². The van der Waals surface area contributed by atoms with Crippen molar-refractivity contribution in [3.63, 3.8) is 0 Å². The third-order valence-corrected chi connectivity index (χ3v) is 3.21. The van der Waals surface area contributed by atoms with E-state index in [1.54, 1.807) is 17.0 Å². The van der Waals surface area contributed by atoms with Crippen molar-refractivity contribution in [1.82, 2.24) is 4.90 Å². The highest BCUT2D eigenvalue weighted by Crippen LogP contribution is 2.36. The highest BCUT2D eigenvalue weighted by atomic mass is 16.5. The summed E-state index contributed by atoms with van der Waals surface area (Å²) in [7, 11) is 1.37. The van der Waals surface area contributed by atoms with Gasteiger partial charge in [-0.3, -0.25) is 4.79 Å². The van der Waals surface area contributed by atoms with E-state index in [2.05, 4.69) is 5.32 Å². The summed E-state index contributed by atoms with van der Waals surface area (Å²) in [6, 6.07) is 6.28. The van der Waals surface area contributed by atoms with Gasteiger partial charge in [0.15, 0.2) is 11.5 Å². The molecule has 120 valence electrons. The van der Waals surface area contributed by atoms with Gasteiger partial charge in [-0.05, 0) is 26.0 Å². The van der Waals surface area contributed by atoms with Crippen molar-refractivity contribution < 1.29 is 14.6 Å². The van der Waals surface area contributed by atoms with Crippen LogP contribution in [0, 0.1) is 22.7 Å². The number of carbonyl (C=O) groups is 1. The standard InChI is InChI=1S/C16H18N4O3/c1-4-20(5-2)16(22)12-6-13(15(21)14(7-12)23-3)19-10-11(8-17)9-18/h6-7,10,19,21H,4-5H2,1-3H3. The molecule has 0 heterocycles. The molecule has 0 fully saturated rings. The Balaban J connectivity index is 3.29. The molecule has 1 rings (SSSR count). The molecule has 0 bridgehead atoms. The third kappa shape index (κ3) is 4.14. The van der Waals surface area contributed by atoms with Gasteiger partial charge in [0.05, 0.1) is 12.8 Å². The maximum Gasteiger partial charge on any atom is 0.254 e. The Kier molecular flexibility index (Phi) is 6.45. The van der Waals surface area contributed by atoms with Gasteiger partial charge in [-0.1, -0.05) is 0 Å². The van der Waals surface area contributed by atoms with Crippen molar-refractivity contribution in [1.29, 1.82) is 10.5 Å². The van der Waals surface area contributed by atoms with Crippen molar-refractivity contribution >= 4 is 11.6 Å². The van der Waals surface area contributed by atoms with Crippen LogP contribution in [-0.4, -0.2) is 36.1 Å². The van der Waals surface area contributed by atoms with Gasteiger partial charge < -0.3 is 20.1 Å². The Morgan fingerprint density at radius 1 is 1.35 bits per heavy atom. The summed E-state index contributed by atoms with van der Waals surface area (Å²) in [6.07, 6.45) is 1.15. The topological polar surface area (TPSA) is 109 Å². The number of benzene rings is 1. The molecule has 0 radical (unpaired) electrons. The second-order valence-electron chi connectivity index (χ2n) is 4.48. The maximum atomic E-state index is 12.4. The minimum atomic E-state index is -0.213. The molecule has 1 amide bonds. The molecule has 7 nitrogen and oxygen atoms in total. The first-order chi connectivity index (χ1) is 11.0. The summed E-state index contributed by atoms with van der Waals surface area (Å²) in [5.74, 6) is -0.300. The number of ether oxygens (including phenoxy) is 1. The van der Waals surface area contributed by atoms with Crippen LogP contribution >= 0.6 is 0 Å². The first kappa shape index (κ1) is 17.9. The predicted molar refractivity (Wildman–Crippen MR) is 84.8 cm³/mol. The lowest BCUT2D eigenvalue weighted by Gasteiger charge is -2.20. The summed E-state index contributed by atoms with van der Waals surface area (Å²) in [6.45, 7) is 4.84. The summed E-state index contributed by atoms with van der Waals surface area (Å²) < 4.78 is 5.07. The highest BCUT2D eigenvalue weighted by molar-refractivity contribution is 5.96. The number of nitrogens with zero attached hydrogens (tertiary/aromatic N) is 3. The van der Waals surface area contributed by atoms with Crippen LogP contribution in [0.1, 0.15) is 24.2 Å². The zero-order valence-electron chi connectivity index (χ0n) is 13.3. The largest absolute Gasteiger partial charge is 0.503 e. The number of nitrogens with one attached hydrogen (secondary N) is 1. The van der Waals surface area contributed by atoms with E-state index in [4.69, 9.17) is 15.3 Å². The second kappa shape index (κ2) is 8.30. The number of phenols is 1. The fourth-order valence-electron chi connectivity index (χ4n) is 1.93. The number of allylic oxidation sites excluding steroid dienone is 1. The fraction of sp³-hybridized carbons (Fsp3) is 0.312. The van der Waals surface area contributed by atoms with Gasteiger partial charge in [-0.25, -0.2) is 0 Å². The first-order valence-corrected chi connectivity index (χ1v) is 6.99. The summed E-state index contributed by atoms with van der Waals surface area (Å²) >= 11 is 0. The fourth-order valence-corrected chi connectivity index (χ4v) is 1.93. The Morgan fingerprint density at radius 2 is 1.96 bits per heavy atom. The van der Waals surface area contributed by atoms with Crippen molar-refractivity contribution in [2.24, 2.45) is 0 Å². The number of nitriles is 2. The lowest BCUT2D eigenvalue weighted by molar-refractivity contribution is 0.0772. The number of amides is 1. The van der Waals surface area contributed by atoms with Crippen LogP contribution in [-0.2, 0) is 0 Å². The van der Waals surface area contributed by atoms with E-state index in [-0.39, 0.29) is 28.7 Å². The van der Waals surface area contributed by atoms with Gasteiger partial charge in [0.2, 0.25) is 0 Å². The zero-order chi connectivity index (χ0) is 17.4. The average Bonchev–Trinajstić information content (AvgIpc) is 2.57. The minimum Gasteiger partial charge on any atom is -0.503 e. The molecule has 0 aromatic heterocycles. The number of hydrogen-bond donors (Lipinski definition) is 2. The minimum absolute atomic E-state index is 0.120. The molecule has 2 N–H and O–H groups in total. The Bertz CT molecular complexity index is 679. The zero-order valence-corrected chi connectivity index (χ0v) is 13.3. The number of aromatic hydroxyl groups is 1. The van der Waals surface area contributed by atoms with Crippen LogP contribution in [0.3, 0.4) is 0 Å². The van der Waals surface area contributed by atoms with Crippen molar-refractivity contribution in [3.05, 3.63) is 29.5 Å². The average molecular weight is 314 g/mol. The molecular weight excluding hydrogens is 296 g/mol. The molecule has 0 spiro atoms. The molecule has 1 aromatic rings. The van der Waals surface area contributed by atoms with Gasteiger partial charge in [-0.2, -0.15) is 10.5 Å². The molecule has 0 saturated heterocycles. The second-order valence-corrected chi connectivity index (χ2v) is 4.48. The number of phenolic OH excluding ortho intramolecular Hbond substituents is 1. The first-order valence-electron chi connectivity index (χ1n) is 6.99. The van der Waals surface area contributed by atoms with Crippen molar-refractivity contribution in [3.8, 4) is 23.6 Å². The molecule has 23 heavy (non-hydrogen) atoms. The van der Waals surface area contributed by atoms with Crippen LogP contribution in [0.4, 0.5) is 5.69 Å². The molecule has 0 atom stereocenters. The molecule has 0 aliphatic heterocycles. The summed E-state index contributed by atoms with van der Waals surface area (Å²) in [5.41, 5.74) is 0.335. The van der Waals surface area contributed by atoms with Gasteiger partial charge in [0.1, 0.15) is 17.7 Å². The molecule has 0 aliphatic rings. The third-order valence-electron chi connectivity index (χ3n) is 3.21. The number of anilines is 1. The Morgan fingerprint density at radius 3 is 2.43 bits per heavy atom. The monoisotopic (exact) mass is 314 g/mol. The van der Waals surface area contributed by atoms with E-state index in [0.717, 1.165) is 6.20 Å². The SMILES string of the molecule is CCN(CC)C(=O)c1cc(NC=C(C#N)C#N)c(O)c(OC)c1. The summed E-state index contributed by atoms with van der Waals surface area (Å²) in [5, 5.41) is 30.2. The molecule has 1 aromatic carbocycles. The van der Waals surface area contributed by atoms with E-state index in [1.165, 1.54) is 19.2 Å². The number of hydrogen-bond acceptors (Lipinski definition) is 6. The van der Waals surface area contributed by atoms with E-state index in [0.29, 0.717) is 18.7 Å². The van der Waals surface area contributed by atoms with Crippen LogP contribution in [0.2, 0.25) is 0 Å². The van der Waals surface area contributed by atoms with Gasteiger partial charge >= 0.3 is 0 Å². The predicted octanol–water partition coefficient (Wildman–Crippen LogP) is 2.23. The highest BCUT2D eigenvalue weighted by Gasteiger charge is 2.18. The Hall–Kier alpha value is -3.19. The molecule has 0 aliphatic carbocycles.